The molecule has 4 atom stereocenters. The summed E-state index contributed by atoms with van der Waals surface area (Å²) < 4.78 is 0.210. The molecule has 7 heteroatoms. The second-order valence-electron chi connectivity index (χ2n) is 8.97. The Kier molecular flexibility index (Phi) is 3.70. The van der Waals surface area contributed by atoms with Gasteiger partial charge in [-0.2, -0.15) is 0 Å². The molecule has 1 aromatic carbocycles. The molecule has 4 fully saturated rings. The van der Waals surface area contributed by atoms with E-state index in [1.165, 1.54) is 19.3 Å². The molecule has 142 valence electrons. The Hall–Kier alpha value is -1.89. The number of H-pyrrole nitrogens is 2. The van der Waals surface area contributed by atoms with Crippen LogP contribution in [0.4, 0.5) is 5.69 Å². The van der Waals surface area contributed by atoms with Crippen molar-refractivity contribution in [2.75, 3.05) is 5.32 Å². The number of nitrogens with one attached hydrogen (secondary N) is 3. The van der Waals surface area contributed by atoms with Crippen LogP contribution >= 0.6 is 15.9 Å². The van der Waals surface area contributed by atoms with Crippen LogP contribution in [-0.2, 0) is 4.79 Å². The van der Waals surface area contributed by atoms with Gasteiger partial charge in [0.2, 0.25) is 5.91 Å². The number of fused-ring (bicyclic) bond motifs is 1. The summed E-state index contributed by atoms with van der Waals surface area (Å²) in [5, 5.41) is 8.09. The zero-order valence-electron chi connectivity index (χ0n) is 14.9. The second-order valence-corrected chi connectivity index (χ2v) is 10.7. The molecule has 6 nitrogen and oxygen atoms in total. The molecule has 1 aromatic heterocycles. The minimum absolute atomic E-state index is 0.0616. The average molecular weight is 432 g/mol. The highest BCUT2D eigenvalue weighted by Crippen LogP contribution is 2.65. The van der Waals surface area contributed by atoms with Crippen LogP contribution in [0.15, 0.2) is 27.8 Å². The van der Waals surface area contributed by atoms with Crippen LogP contribution in [0.25, 0.3) is 10.8 Å². The quantitative estimate of drug-likeness (QED) is 0.650. The van der Waals surface area contributed by atoms with E-state index in [0.29, 0.717) is 12.1 Å². The second kappa shape index (κ2) is 5.80. The van der Waals surface area contributed by atoms with Crippen LogP contribution in [0.3, 0.4) is 0 Å². The third-order valence-electron chi connectivity index (χ3n) is 6.75. The summed E-state index contributed by atoms with van der Waals surface area (Å²) in [4.78, 5) is 37.1. The highest BCUT2D eigenvalue weighted by atomic mass is 79.9. The molecule has 1 amide bonds. The van der Waals surface area contributed by atoms with Crippen molar-refractivity contribution in [2.45, 2.75) is 49.3 Å². The third kappa shape index (κ3) is 2.87. The Morgan fingerprint density at radius 1 is 1.11 bits per heavy atom. The number of hydrogen-bond donors (Lipinski definition) is 3. The standard InChI is InChI=1S/C20H22BrN3O3/c21-20-7-11-4-12(8-20)6-19(5-11,10-20)9-15(25)22-14-3-1-2-13-16(14)18(27)24-23-17(13)26/h1-3,11-12H,4-10H2,(H,22,25)(H,23,26)(H,24,27)/t11-,12+,19?,20?. The Morgan fingerprint density at radius 2 is 1.81 bits per heavy atom. The first-order chi connectivity index (χ1) is 12.8. The summed E-state index contributed by atoms with van der Waals surface area (Å²) in [7, 11) is 0. The number of anilines is 1. The molecule has 0 spiro atoms. The highest BCUT2D eigenvalue weighted by Gasteiger charge is 2.57. The van der Waals surface area contributed by atoms with E-state index in [4.69, 9.17) is 0 Å². The minimum Gasteiger partial charge on any atom is -0.325 e. The number of carbonyl (C=O) groups is 1. The fourth-order valence-electron chi connectivity index (χ4n) is 6.41. The topological polar surface area (TPSA) is 94.8 Å². The lowest BCUT2D eigenvalue weighted by Gasteiger charge is -2.60. The van der Waals surface area contributed by atoms with Crippen molar-refractivity contribution in [3.63, 3.8) is 0 Å². The van der Waals surface area contributed by atoms with Gasteiger partial charge in [-0.25, -0.2) is 0 Å². The van der Waals surface area contributed by atoms with Crippen molar-refractivity contribution in [3.8, 4) is 0 Å². The van der Waals surface area contributed by atoms with Crippen LogP contribution in [0.5, 0.6) is 0 Å². The van der Waals surface area contributed by atoms with Crippen molar-refractivity contribution >= 4 is 38.3 Å². The molecular weight excluding hydrogens is 410 g/mol. The molecule has 2 unspecified atom stereocenters. The van der Waals surface area contributed by atoms with Crippen LogP contribution in [0.2, 0.25) is 0 Å². The Balaban J connectivity index is 1.42. The molecule has 0 saturated heterocycles. The van der Waals surface area contributed by atoms with Crippen LogP contribution in [-0.4, -0.2) is 20.4 Å². The van der Waals surface area contributed by atoms with E-state index in [9.17, 15) is 14.4 Å². The lowest BCUT2D eigenvalue weighted by Crippen LogP contribution is -2.53. The molecular formula is C20H22BrN3O3. The predicted molar refractivity (Wildman–Crippen MR) is 107 cm³/mol. The van der Waals surface area contributed by atoms with E-state index >= 15 is 0 Å². The maximum Gasteiger partial charge on any atom is 0.272 e. The predicted octanol–water partition coefficient (Wildman–Crippen LogP) is 3.28. The Morgan fingerprint density at radius 3 is 2.52 bits per heavy atom. The zero-order chi connectivity index (χ0) is 18.8. The largest absolute Gasteiger partial charge is 0.325 e. The van der Waals surface area contributed by atoms with E-state index in [0.717, 1.165) is 31.1 Å². The van der Waals surface area contributed by atoms with E-state index < -0.39 is 5.56 Å². The van der Waals surface area contributed by atoms with Gasteiger partial charge in [0, 0.05) is 10.7 Å². The van der Waals surface area contributed by atoms with Gasteiger partial charge in [0.1, 0.15) is 0 Å². The number of halogens is 1. The molecule has 27 heavy (non-hydrogen) atoms. The van der Waals surface area contributed by atoms with Gasteiger partial charge in [-0.3, -0.25) is 24.6 Å². The van der Waals surface area contributed by atoms with Crippen LogP contribution < -0.4 is 16.4 Å². The highest BCUT2D eigenvalue weighted by molar-refractivity contribution is 9.10. The monoisotopic (exact) mass is 431 g/mol. The number of hydrogen-bond acceptors (Lipinski definition) is 3. The van der Waals surface area contributed by atoms with Crippen molar-refractivity contribution in [1.29, 1.82) is 0 Å². The summed E-state index contributed by atoms with van der Waals surface area (Å²) in [5.41, 5.74) is -0.313. The Bertz CT molecular complexity index is 1040. The van der Waals surface area contributed by atoms with Gasteiger partial charge in [-0.05, 0) is 67.9 Å². The van der Waals surface area contributed by atoms with E-state index in [1.54, 1.807) is 18.2 Å². The molecule has 2 aromatic rings. The van der Waals surface area contributed by atoms with Gasteiger partial charge in [0.05, 0.1) is 16.5 Å². The summed E-state index contributed by atoms with van der Waals surface area (Å²) in [6, 6.07) is 4.96. The smallest absolute Gasteiger partial charge is 0.272 e. The van der Waals surface area contributed by atoms with Gasteiger partial charge in [0.25, 0.3) is 11.1 Å². The summed E-state index contributed by atoms with van der Waals surface area (Å²) in [6.07, 6.45) is 7.54. The first kappa shape index (κ1) is 17.2. The lowest BCUT2D eigenvalue weighted by molar-refractivity contribution is -0.123. The first-order valence-corrected chi connectivity index (χ1v) is 10.4. The van der Waals surface area contributed by atoms with E-state index in [1.807, 2.05) is 0 Å². The molecule has 0 radical (unpaired) electrons. The number of rotatable bonds is 3. The van der Waals surface area contributed by atoms with Gasteiger partial charge >= 0.3 is 0 Å². The van der Waals surface area contributed by atoms with Crippen molar-refractivity contribution in [1.82, 2.24) is 10.2 Å². The van der Waals surface area contributed by atoms with Crippen LogP contribution in [0.1, 0.15) is 44.9 Å². The fraction of sp³-hybridized carbons (Fsp3) is 0.550. The minimum atomic E-state index is -0.408. The van der Waals surface area contributed by atoms with Crippen LogP contribution in [0, 0.1) is 17.3 Å². The number of benzene rings is 1. The fourth-order valence-corrected chi connectivity index (χ4v) is 7.92. The molecule has 4 bridgehead atoms. The number of aromatic nitrogens is 2. The van der Waals surface area contributed by atoms with Crippen molar-refractivity contribution < 1.29 is 4.79 Å². The molecule has 4 saturated carbocycles. The number of carbonyl (C=O) groups excluding carboxylic acids is 1. The normalized spacial score (nSPS) is 34.1. The zero-order valence-corrected chi connectivity index (χ0v) is 16.5. The van der Waals surface area contributed by atoms with Gasteiger partial charge in [-0.15, -0.1) is 0 Å². The molecule has 4 aliphatic rings. The third-order valence-corrected chi connectivity index (χ3v) is 7.67. The maximum absolute atomic E-state index is 12.9. The lowest BCUT2D eigenvalue weighted by atomic mass is 9.48. The first-order valence-electron chi connectivity index (χ1n) is 9.57. The molecule has 0 aliphatic heterocycles. The molecule has 4 aliphatic carbocycles. The average Bonchev–Trinajstić information content (AvgIpc) is 2.55. The molecule has 6 rings (SSSR count). The summed E-state index contributed by atoms with van der Waals surface area (Å²) in [5.74, 6) is 1.37. The Labute approximate surface area is 164 Å². The summed E-state index contributed by atoms with van der Waals surface area (Å²) in [6.45, 7) is 0. The van der Waals surface area contributed by atoms with E-state index in [2.05, 4.69) is 31.4 Å². The number of alkyl halides is 1. The van der Waals surface area contributed by atoms with E-state index in [-0.39, 0.29) is 32.0 Å². The molecule has 3 N–H and O–H groups in total. The number of aromatic amines is 2. The number of amides is 1. The van der Waals surface area contributed by atoms with Gasteiger partial charge < -0.3 is 5.32 Å². The van der Waals surface area contributed by atoms with Gasteiger partial charge in [-0.1, -0.05) is 22.0 Å². The molecule has 1 heterocycles. The maximum atomic E-state index is 12.9. The SMILES string of the molecule is O=C(CC12C[C@@H]3C[C@@H](CC(Br)(C3)C1)C2)Nc1cccc2c(=O)[nH][nH]c(=O)c12. The van der Waals surface area contributed by atoms with Crippen molar-refractivity contribution in [2.24, 2.45) is 17.3 Å². The summed E-state index contributed by atoms with van der Waals surface area (Å²) >= 11 is 3.98. The van der Waals surface area contributed by atoms with Gasteiger partial charge in [0.15, 0.2) is 0 Å². The van der Waals surface area contributed by atoms with Crippen molar-refractivity contribution in [3.05, 3.63) is 38.9 Å².